The molecule has 0 saturated heterocycles. The molecule has 0 atom stereocenters. The topological polar surface area (TPSA) is 34.9 Å². The number of hydrogen-bond donors (Lipinski definition) is 0. The Labute approximate surface area is 104 Å². The molecule has 3 heteroatoms. The third kappa shape index (κ3) is 1.70. The van der Waals surface area contributed by atoms with Gasteiger partial charge in [0, 0.05) is 0 Å². The van der Waals surface area contributed by atoms with E-state index in [2.05, 4.69) is 4.98 Å². The van der Waals surface area contributed by atoms with E-state index in [0.29, 0.717) is 5.39 Å². The van der Waals surface area contributed by atoms with Crippen molar-refractivity contribution in [3.8, 4) is 5.69 Å². The minimum absolute atomic E-state index is 0.0325. The Morgan fingerprint density at radius 3 is 2.61 bits per heavy atom. The normalized spacial score (nSPS) is 10.7. The highest BCUT2D eigenvalue weighted by atomic mass is 16.1. The number of fused-ring (bicyclic) bond motifs is 1. The average Bonchev–Trinajstić information content (AvgIpc) is 2.41. The van der Waals surface area contributed by atoms with Crippen molar-refractivity contribution in [3.05, 3.63) is 70.8 Å². The van der Waals surface area contributed by atoms with E-state index in [4.69, 9.17) is 0 Å². The highest BCUT2D eigenvalue weighted by Gasteiger charge is 2.05. The Morgan fingerprint density at radius 2 is 1.83 bits per heavy atom. The minimum Gasteiger partial charge on any atom is -0.268 e. The van der Waals surface area contributed by atoms with E-state index >= 15 is 0 Å². The molecule has 2 aromatic carbocycles. The van der Waals surface area contributed by atoms with Crippen molar-refractivity contribution in [2.75, 3.05) is 0 Å². The van der Waals surface area contributed by atoms with Gasteiger partial charge in [0.2, 0.25) is 0 Å². The summed E-state index contributed by atoms with van der Waals surface area (Å²) in [6.45, 7) is 1.97. The van der Waals surface area contributed by atoms with Gasteiger partial charge in [0.15, 0.2) is 0 Å². The summed E-state index contributed by atoms with van der Waals surface area (Å²) in [7, 11) is 0. The minimum atomic E-state index is -0.0325. The smallest absolute Gasteiger partial charge is 0.265 e. The summed E-state index contributed by atoms with van der Waals surface area (Å²) in [6.07, 6.45) is 1.58. The lowest BCUT2D eigenvalue weighted by Gasteiger charge is -2.06. The van der Waals surface area contributed by atoms with Crippen LogP contribution in [-0.4, -0.2) is 9.55 Å². The van der Waals surface area contributed by atoms with Gasteiger partial charge >= 0.3 is 0 Å². The monoisotopic (exact) mass is 236 g/mol. The molecular weight excluding hydrogens is 224 g/mol. The van der Waals surface area contributed by atoms with Gasteiger partial charge < -0.3 is 0 Å². The Balaban J connectivity index is 2.33. The number of rotatable bonds is 1. The molecule has 1 heterocycles. The third-order valence-corrected chi connectivity index (χ3v) is 2.95. The van der Waals surface area contributed by atoms with Crippen molar-refractivity contribution in [3.63, 3.8) is 0 Å². The molecule has 3 aromatic rings. The summed E-state index contributed by atoms with van der Waals surface area (Å²) in [5.74, 6) is 0. The van der Waals surface area contributed by atoms with Crippen molar-refractivity contribution in [2.24, 2.45) is 0 Å². The SMILES string of the molecule is Cc1ccc2ncn(-c3ccccc3)c(=O)c2c1. The predicted octanol–water partition coefficient (Wildman–Crippen LogP) is 2.69. The van der Waals surface area contributed by atoms with E-state index in [1.165, 1.54) is 0 Å². The fourth-order valence-corrected chi connectivity index (χ4v) is 2.01. The second kappa shape index (κ2) is 4.11. The summed E-state index contributed by atoms with van der Waals surface area (Å²) in [5.41, 5.74) is 2.60. The van der Waals surface area contributed by atoms with Gasteiger partial charge in [-0.1, -0.05) is 29.8 Å². The molecule has 0 aliphatic carbocycles. The highest BCUT2D eigenvalue weighted by Crippen LogP contribution is 2.11. The quantitative estimate of drug-likeness (QED) is 0.651. The zero-order chi connectivity index (χ0) is 12.5. The van der Waals surface area contributed by atoms with E-state index in [1.807, 2.05) is 55.5 Å². The maximum Gasteiger partial charge on any atom is 0.265 e. The zero-order valence-corrected chi connectivity index (χ0v) is 10.00. The molecule has 0 amide bonds. The molecule has 18 heavy (non-hydrogen) atoms. The average molecular weight is 236 g/mol. The van der Waals surface area contributed by atoms with Gasteiger partial charge in [-0.05, 0) is 31.2 Å². The van der Waals surface area contributed by atoms with Crippen LogP contribution in [0.25, 0.3) is 16.6 Å². The summed E-state index contributed by atoms with van der Waals surface area (Å²) < 4.78 is 1.57. The van der Waals surface area contributed by atoms with Gasteiger partial charge in [0.1, 0.15) is 6.33 Å². The van der Waals surface area contributed by atoms with Gasteiger partial charge in [-0.15, -0.1) is 0 Å². The molecule has 1 aromatic heterocycles. The van der Waals surface area contributed by atoms with Gasteiger partial charge in [0.05, 0.1) is 16.6 Å². The van der Waals surface area contributed by atoms with Crippen molar-refractivity contribution in [1.29, 1.82) is 0 Å². The lowest BCUT2D eigenvalue weighted by atomic mass is 10.2. The molecule has 3 rings (SSSR count). The summed E-state index contributed by atoms with van der Waals surface area (Å²) in [4.78, 5) is 16.7. The Morgan fingerprint density at radius 1 is 1.06 bits per heavy atom. The van der Waals surface area contributed by atoms with Crippen LogP contribution in [0.2, 0.25) is 0 Å². The maximum absolute atomic E-state index is 12.4. The molecular formula is C15H12N2O. The fourth-order valence-electron chi connectivity index (χ4n) is 2.01. The van der Waals surface area contributed by atoms with Crippen LogP contribution in [-0.2, 0) is 0 Å². The van der Waals surface area contributed by atoms with Crippen LogP contribution < -0.4 is 5.56 Å². The first-order valence-corrected chi connectivity index (χ1v) is 5.79. The summed E-state index contributed by atoms with van der Waals surface area (Å²) in [6, 6.07) is 15.2. The van der Waals surface area contributed by atoms with E-state index < -0.39 is 0 Å². The summed E-state index contributed by atoms with van der Waals surface area (Å²) >= 11 is 0. The molecule has 0 aliphatic rings. The van der Waals surface area contributed by atoms with E-state index in [1.54, 1.807) is 10.9 Å². The van der Waals surface area contributed by atoms with Gasteiger partial charge in [0.25, 0.3) is 5.56 Å². The van der Waals surface area contributed by atoms with Crippen LogP contribution in [0.4, 0.5) is 0 Å². The molecule has 0 spiro atoms. The van der Waals surface area contributed by atoms with Crippen LogP contribution in [0, 0.1) is 6.92 Å². The van der Waals surface area contributed by atoms with E-state index in [-0.39, 0.29) is 5.56 Å². The number of hydrogen-bond acceptors (Lipinski definition) is 2. The highest BCUT2D eigenvalue weighted by molar-refractivity contribution is 5.78. The largest absolute Gasteiger partial charge is 0.268 e. The van der Waals surface area contributed by atoms with Crippen LogP contribution in [0.3, 0.4) is 0 Å². The van der Waals surface area contributed by atoms with Crippen LogP contribution in [0.1, 0.15) is 5.56 Å². The molecule has 0 saturated carbocycles. The van der Waals surface area contributed by atoms with Crippen molar-refractivity contribution < 1.29 is 0 Å². The standard InChI is InChI=1S/C15H12N2O/c1-11-7-8-14-13(9-11)15(18)17(10-16-14)12-5-3-2-4-6-12/h2-10H,1H3. The Kier molecular flexibility index (Phi) is 2.45. The molecule has 0 N–H and O–H groups in total. The Bertz CT molecular complexity index is 760. The van der Waals surface area contributed by atoms with Crippen LogP contribution in [0.5, 0.6) is 0 Å². The zero-order valence-electron chi connectivity index (χ0n) is 10.00. The van der Waals surface area contributed by atoms with Crippen LogP contribution >= 0.6 is 0 Å². The first kappa shape index (κ1) is 10.7. The molecule has 0 fully saturated rings. The van der Waals surface area contributed by atoms with Crippen molar-refractivity contribution >= 4 is 10.9 Å². The second-order valence-electron chi connectivity index (χ2n) is 4.28. The number of para-hydroxylation sites is 1. The third-order valence-electron chi connectivity index (χ3n) is 2.95. The van der Waals surface area contributed by atoms with Gasteiger partial charge in [-0.25, -0.2) is 4.98 Å². The van der Waals surface area contributed by atoms with Crippen molar-refractivity contribution in [1.82, 2.24) is 9.55 Å². The second-order valence-corrected chi connectivity index (χ2v) is 4.28. The first-order valence-electron chi connectivity index (χ1n) is 5.79. The van der Waals surface area contributed by atoms with E-state index in [0.717, 1.165) is 16.8 Å². The van der Waals surface area contributed by atoms with E-state index in [9.17, 15) is 4.79 Å². The van der Waals surface area contributed by atoms with Crippen molar-refractivity contribution in [2.45, 2.75) is 6.92 Å². The molecule has 0 radical (unpaired) electrons. The number of nitrogens with zero attached hydrogens (tertiary/aromatic N) is 2. The van der Waals surface area contributed by atoms with Crippen LogP contribution in [0.15, 0.2) is 59.7 Å². The molecule has 0 unspecified atom stereocenters. The predicted molar refractivity (Wildman–Crippen MR) is 72.1 cm³/mol. The molecule has 0 bridgehead atoms. The van der Waals surface area contributed by atoms with Gasteiger partial charge in [-0.3, -0.25) is 9.36 Å². The Hall–Kier alpha value is -2.42. The molecule has 88 valence electrons. The number of aromatic nitrogens is 2. The van der Waals surface area contributed by atoms with Gasteiger partial charge in [-0.2, -0.15) is 0 Å². The lowest BCUT2D eigenvalue weighted by molar-refractivity contribution is 0.963. The molecule has 3 nitrogen and oxygen atoms in total. The molecule has 0 aliphatic heterocycles. The lowest BCUT2D eigenvalue weighted by Crippen LogP contribution is -2.18. The first-order chi connectivity index (χ1) is 8.75. The number of benzene rings is 2. The number of aryl methyl sites for hydroxylation is 1. The fraction of sp³-hybridized carbons (Fsp3) is 0.0667. The maximum atomic E-state index is 12.4. The summed E-state index contributed by atoms with van der Waals surface area (Å²) in [5, 5.41) is 0.654.